The van der Waals surface area contributed by atoms with Crippen LogP contribution in [0.2, 0.25) is 0 Å². The highest BCUT2D eigenvalue weighted by Gasteiger charge is 2.33. The summed E-state index contributed by atoms with van der Waals surface area (Å²) in [5, 5.41) is -0.646. The van der Waals surface area contributed by atoms with Gasteiger partial charge in [-0.1, -0.05) is 6.08 Å². The summed E-state index contributed by atoms with van der Waals surface area (Å²) in [5.74, 6) is 0. The minimum absolute atomic E-state index is 0.551. The molecule has 1 atom stereocenters. The number of nitrogens with zero attached hydrogens (tertiary/aromatic N) is 2. The van der Waals surface area contributed by atoms with Crippen LogP contribution in [0.15, 0.2) is 28.6 Å². The van der Waals surface area contributed by atoms with E-state index in [1.165, 1.54) is 17.4 Å². The highest BCUT2D eigenvalue weighted by molar-refractivity contribution is 9.11. The van der Waals surface area contributed by atoms with Crippen LogP contribution in [-0.2, 0) is 10.0 Å². The van der Waals surface area contributed by atoms with E-state index in [9.17, 15) is 8.42 Å². The second kappa shape index (κ2) is 6.05. The van der Waals surface area contributed by atoms with Gasteiger partial charge in [-0.3, -0.25) is 0 Å². The van der Waals surface area contributed by atoms with Crippen molar-refractivity contribution in [2.45, 2.75) is 5.25 Å². The van der Waals surface area contributed by atoms with Gasteiger partial charge in [-0.25, -0.2) is 8.42 Å². The molecular formula is C12H17BrN2O2S2. The minimum Gasteiger partial charge on any atom is -0.304 e. The molecule has 4 nitrogen and oxygen atoms in total. The molecule has 1 unspecified atom stereocenters. The first-order valence-corrected chi connectivity index (χ1v) is 9.11. The van der Waals surface area contributed by atoms with E-state index >= 15 is 0 Å². The van der Waals surface area contributed by atoms with Gasteiger partial charge in [0.05, 0.1) is 3.79 Å². The zero-order valence-corrected chi connectivity index (χ0v) is 14.0. The molecule has 0 aromatic carbocycles. The predicted octanol–water partition coefficient (Wildman–Crippen LogP) is 2.31. The predicted molar refractivity (Wildman–Crippen MR) is 82.9 cm³/mol. The first-order chi connectivity index (χ1) is 8.95. The van der Waals surface area contributed by atoms with E-state index < -0.39 is 15.3 Å². The molecule has 0 aliphatic carbocycles. The Bertz CT molecular complexity index is 548. The SMILES string of the molecule is C=CC(c1ccc(Br)s1)S(=O)(=O)N1CCN(C)CC1. The molecule has 1 aliphatic rings. The molecule has 0 bridgehead atoms. The lowest BCUT2D eigenvalue weighted by atomic mass is 10.3. The molecule has 1 saturated heterocycles. The maximum absolute atomic E-state index is 12.7. The fourth-order valence-electron chi connectivity index (χ4n) is 2.07. The molecule has 1 aromatic heterocycles. The molecule has 0 radical (unpaired) electrons. The van der Waals surface area contributed by atoms with Gasteiger partial charge in [0.2, 0.25) is 10.0 Å². The van der Waals surface area contributed by atoms with Crippen molar-refractivity contribution in [3.8, 4) is 0 Å². The number of hydrogen-bond donors (Lipinski definition) is 0. The number of sulfonamides is 1. The Balaban J connectivity index is 2.24. The lowest BCUT2D eigenvalue weighted by Gasteiger charge is -2.33. The van der Waals surface area contributed by atoms with Gasteiger partial charge in [0, 0.05) is 31.1 Å². The third-order valence-corrected chi connectivity index (χ3v) is 7.26. The molecule has 0 spiro atoms. The van der Waals surface area contributed by atoms with Crippen LogP contribution in [0.4, 0.5) is 0 Å². The molecule has 1 fully saturated rings. The van der Waals surface area contributed by atoms with Gasteiger partial charge in [0.15, 0.2) is 0 Å². The summed E-state index contributed by atoms with van der Waals surface area (Å²) in [6.45, 7) is 6.35. The van der Waals surface area contributed by atoms with Crippen molar-refractivity contribution in [2.24, 2.45) is 0 Å². The highest BCUT2D eigenvalue weighted by Crippen LogP contribution is 2.34. The number of rotatable bonds is 4. The third-order valence-electron chi connectivity index (χ3n) is 3.23. The average molecular weight is 365 g/mol. The van der Waals surface area contributed by atoms with Crippen LogP contribution in [0.5, 0.6) is 0 Å². The van der Waals surface area contributed by atoms with Gasteiger partial charge in [-0.15, -0.1) is 17.9 Å². The smallest absolute Gasteiger partial charge is 0.225 e. The number of hydrogen-bond acceptors (Lipinski definition) is 4. The van der Waals surface area contributed by atoms with Gasteiger partial charge in [0.25, 0.3) is 0 Å². The van der Waals surface area contributed by atoms with Gasteiger partial charge in [-0.2, -0.15) is 4.31 Å². The monoisotopic (exact) mass is 364 g/mol. The van der Waals surface area contributed by atoms with E-state index in [0.717, 1.165) is 21.8 Å². The van der Waals surface area contributed by atoms with Crippen molar-refractivity contribution in [3.63, 3.8) is 0 Å². The molecule has 7 heteroatoms. The van der Waals surface area contributed by atoms with Gasteiger partial charge in [0.1, 0.15) is 5.25 Å². The normalized spacial score (nSPS) is 20.3. The van der Waals surface area contributed by atoms with Crippen molar-refractivity contribution >= 4 is 37.3 Å². The maximum Gasteiger partial charge on any atom is 0.225 e. The molecule has 19 heavy (non-hydrogen) atoms. The Morgan fingerprint density at radius 3 is 2.47 bits per heavy atom. The summed E-state index contributed by atoms with van der Waals surface area (Å²) in [6.07, 6.45) is 1.52. The first-order valence-electron chi connectivity index (χ1n) is 6.00. The van der Waals surface area contributed by atoms with Gasteiger partial charge in [-0.05, 0) is 35.1 Å². The van der Waals surface area contributed by atoms with E-state index in [-0.39, 0.29) is 0 Å². The first kappa shape index (κ1) is 15.2. The lowest BCUT2D eigenvalue weighted by Crippen LogP contribution is -2.48. The summed E-state index contributed by atoms with van der Waals surface area (Å²) in [7, 11) is -1.35. The fourth-order valence-corrected chi connectivity index (χ4v) is 5.59. The quantitative estimate of drug-likeness (QED) is 0.769. The van der Waals surface area contributed by atoms with Gasteiger partial charge >= 0.3 is 0 Å². The molecule has 1 aromatic rings. The molecule has 2 rings (SSSR count). The zero-order chi connectivity index (χ0) is 14.0. The average Bonchev–Trinajstić information content (AvgIpc) is 2.77. The highest BCUT2D eigenvalue weighted by atomic mass is 79.9. The molecule has 0 amide bonds. The zero-order valence-electron chi connectivity index (χ0n) is 10.8. The second-order valence-electron chi connectivity index (χ2n) is 4.55. The molecular weight excluding hydrogens is 348 g/mol. The van der Waals surface area contributed by atoms with Crippen LogP contribution >= 0.6 is 27.3 Å². The largest absolute Gasteiger partial charge is 0.304 e. The van der Waals surface area contributed by atoms with E-state index in [2.05, 4.69) is 27.4 Å². The Kier molecular flexibility index (Phi) is 4.84. The second-order valence-corrected chi connectivity index (χ2v) is 9.09. The summed E-state index contributed by atoms with van der Waals surface area (Å²) in [6, 6.07) is 3.71. The Morgan fingerprint density at radius 2 is 2.00 bits per heavy atom. The van der Waals surface area contributed by atoms with Crippen LogP contribution in [0.1, 0.15) is 10.1 Å². The third kappa shape index (κ3) is 3.28. The van der Waals surface area contributed by atoms with Crippen molar-refractivity contribution < 1.29 is 8.42 Å². The molecule has 1 aliphatic heterocycles. The van der Waals surface area contributed by atoms with E-state index in [1.807, 2.05) is 19.2 Å². The molecule has 0 N–H and O–H groups in total. The number of piperazine rings is 1. The summed E-state index contributed by atoms with van der Waals surface area (Å²) < 4.78 is 27.8. The van der Waals surface area contributed by atoms with Crippen LogP contribution in [0.25, 0.3) is 0 Å². The van der Waals surface area contributed by atoms with E-state index in [0.29, 0.717) is 13.1 Å². The summed E-state index contributed by atoms with van der Waals surface area (Å²) >= 11 is 4.81. The summed E-state index contributed by atoms with van der Waals surface area (Å²) in [4.78, 5) is 2.94. The Morgan fingerprint density at radius 1 is 1.37 bits per heavy atom. The topological polar surface area (TPSA) is 40.6 Å². The standard InChI is InChI=1S/C12H17BrN2O2S2/c1-3-11(10-4-5-12(13)18-10)19(16,17)15-8-6-14(2)7-9-15/h3-5,11H,1,6-9H2,2H3. The maximum atomic E-state index is 12.7. The summed E-state index contributed by atoms with van der Waals surface area (Å²) in [5.41, 5.74) is 0. The van der Waals surface area contributed by atoms with Crippen molar-refractivity contribution in [2.75, 3.05) is 33.2 Å². The van der Waals surface area contributed by atoms with Crippen molar-refractivity contribution in [3.05, 3.63) is 33.5 Å². The van der Waals surface area contributed by atoms with Gasteiger partial charge < -0.3 is 4.90 Å². The Hall–Kier alpha value is -0.210. The number of halogens is 1. The van der Waals surface area contributed by atoms with Crippen molar-refractivity contribution in [1.29, 1.82) is 0 Å². The lowest BCUT2D eigenvalue weighted by molar-refractivity contribution is 0.222. The van der Waals surface area contributed by atoms with E-state index in [4.69, 9.17) is 0 Å². The Labute approximate surface area is 126 Å². The minimum atomic E-state index is -3.36. The fraction of sp³-hybridized carbons (Fsp3) is 0.500. The van der Waals surface area contributed by atoms with E-state index in [1.54, 1.807) is 4.31 Å². The van der Waals surface area contributed by atoms with Crippen LogP contribution in [0.3, 0.4) is 0 Å². The van der Waals surface area contributed by atoms with Crippen LogP contribution < -0.4 is 0 Å². The molecule has 2 heterocycles. The molecule has 106 valence electrons. The van der Waals surface area contributed by atoms with Crippen LogP contribution in [0, 0.1) is 0 Å². The molecule has 0 saturated carbocycles. The number of likely N-dealkylation sites (N-methyl/N-ethyl adjacent to an activating group) is 1. The number of thiophene rings is 1. The van der Waals surface area contributed by atoms with Crippen LogP contribution in [-0.4, -0.2) is 50.8 Å². The van der Waals surface area contributed by atoms with Crippen molar-refractivity contribution in [1.82, 2.24) is 9.21 Å².